The molecule has 1 aromatic carbocycles. The SMILES string of the molecule is C=C(C)CNc1c(Cl)cnc2ccc(C(/C=C/CCC)=C/N=C(C)C(C)(O)CC)cc12.CCl. The minimum Gasteiger partial charge on any atom is -0.384 e. The third-order valence-electron chi connectivity index (χ3n) is 5.34. The molecule has 1 atom stereocenters. The van der Waals surface area contributed by atoms with E-state index in [2.05, 4.69) is 58.6 Å². The van der Waals surface area contributed by atoms with Gasteiger partial charge >= 0.3 is 0 Å². The lowest BCUT2D eigenvalue weighted by atomic mass is 9.98. The second-order valence-corrected chi connectivity index (χ2v) is 8.55. The van der Waals surface area contributed by atoms with Gasteiger partial charge in [0.2, 0.25) is 0 Å². The van der Waals surface area contributed by atoms with Crippen molar-refractivity contribution in [2.45, 2.75) is 59.5 Å². The fourth-order valence-electron chi connectivity index (χ4n) is 2.92. The Kier molecular flexibility index (Phi) is 12.4. The number of benzene rings is 1. The van der Waals surface area contributed by atoms with Crippen LogP contribution in [0.2, 0.25) is 5.02 Å². The number of unbranched alkanes of at least 4 members (excludes halogenated alkanes) is 1. The number of nitrogens with zero attached hydrogens (tertiary/aromatic N) is 2. The summed E-state index contributed by atoms with van der Waals surface area (Å²) in [7, 11) is 0. The van der Waals surface area contributed by atoms with Gasteiger partial charge in [-0.25, -0.2) is 0 Å². The molecule has 2 rings (SSSR count). The summed E-state index contributed by atoms with van der Waals surface area (Å²) in [5, 5.41) is 15.4. The number of aromatic nitrogens is 1. The Balaban J connectivity index is 0.00000265. The van der Waals surface area contributed by atoms with Gasteiger partial charge in [-0.1, -0.05) is 62.2 Å². The first kappa shape index (κ1) is 28.9. The van der Waals surface area contributed by atoms with Crippen LogP contribution in [0.15, 0.2) is 59.9 Å². The summed E-state index contributed by atoms with van der Waals surface area (Å²) in [5.74, 6) is 0. The number of hydrogen-bond acceptors (Lipinski definition) is 4. The van der Waals surface area contributed by atoms with E-state index in [1.165, 1.54) is 6.38 Å². The van der Waals surface area contributed by atoms with Crippen molar-refractivity contribution in [2.24, 2.45) is 4.99 Å². The van der Waals surface area contributed by atoms with Gasteiger partial charge in [-0.15, -0.1) is 11.6 Å². The molecule has 0 radical (unpaired) electrons. The van der Waals surface area contributed by atoms with E-state index in [0.29, 0.717) is 23.7 Å². The highest BCUT2D eigenvalue weighted by molar-refractivity contribution is 6.34. The number of alkyl halides is 1. The van der Waals surface area contributed by atoms with Gasteiger partial charge in [-0.2, -0.15) is 0 Å². The minimum absolute atomic E-state index is 0.575. The molecule has 33 heavy (non-hydrogen) atoms. The molecule has 0 saturated heterocycles. The zero-order valence-electron chi connectivity index (χ0n) is 20.7. The minimum atomic E-state index is -0.921. The molecule has 1 unspecified atom stereocenters. The summed E-state index contributed by atoms with van der Waals surface area (Å²) >= 11 is 11.1. The van der Waals surface area contributed by atoms with Crippen molar-refractivity contribution in [3.05, 3.63) is 65.5 Å². The molecule has 0 amide bonds. The highest BCUT2D eigenvalue weighted by atomic mass is 35.5. The summed E-state index contributed by atoms with van der Waals surface area (Å²) in [4.78, 5) is 9.06. The predicted octanol–water partition coefficient (Wildman–Crippen LogP) is 8.05. The number of aliphatic hydroxyl groups is 1. The number of nitrogens with one attached hydrogen (secondary N) is 1. The van der Waals surface area contributed by atoms with E-state index in [9.17, 15) is 5.11 Å². The predicted molar refractivity (Wildman–Crippen MR) is 148 cm³/mol. The zero-order valence-corrected chi connectivity index (χ0v) is 22.2. The lowest BCUT2D eigenvalue weighted by molar-refractivity contribution is 0.128. The number of hydrogen-bond donors (Lipinski definition) is 2. The smallest absolute Gasteiger partial charge is 0.0993 e. The van der Waals surface area contributed by atoms with Crippen molar-refractivity contribution < 1.29 is 5.11 Å². The van der Waals surface area contributed by atoms with Crippen LogP contribution in [0.4, 0.5) is 5.69 Å². The van der Waals surface area contributed by atoms with E-state index in [1.54, 1.807) is 13.1 Å². The Bertz CT molecular complexity index is 1020. The molecular formula is C27H37Cl2N3O. The molecule has 0 fully saturated rings. The first-order chi connectivity index (χ1) is 15.7. The van der Waals surface area contributed by atoms with Crippen LogP contribution in [-0.2, 0) is 0 Å². The second kappa shape index (κ2) is 14.2. The van der Waals surface area contributed by atoms with Gasteiger partial charge in [0.05, 0.1) is 21.8 Å². The first-order valence-electron chi connectivity index (χ1n) is 11.2. The number of aliphatic imine (C=N–C) groups is 1. The number of rotatable bonds is 10. The highest BCUT2D eigenvalue weighted by Gasteiger charge is 2.20. The van der Waals surface area contributed by atoms with Gasteiger partial charge in [0.15, 0.2) is 0 Å². The second-order valence-electron chi connectivity index (χ2n) is 8.14. The Morgan fingerprint density at radius 1 is 1.27 bits per heavy atom. The van der Waals surface area contributed by atoms with E-state index in [0.717, 1.165) is 46.1 Å². The zero-order chi connectivity index (χ0) is 25.0. The van der Waals surface area contributed by atoms with Gasteiger partial charge in [-0.05, 0) is 56.9 Å². The highest BCUT2D eigenvalue weighted by Crippen LogP contribution is 2.32. The molecule has 0 spiro atoms. The molecule has 0 aliphatic carbocycles. The monoisotopic (exact) mass is 489 g/mol. The fraction of sp³-hybridized carbons (Fsp3) is 0.407. The third-order valence-corrected chi connectivity index (χ3v) is 5.63. The molecule has 4 nitrogen and oxygen atoms in total. The average Bonchev–Trinajstić information content (AvgIpc) is 2.81. The van der Waals surface area contributed by atoms with E-state index in [4.69, 9.17) is 11.6 Å². The molecule has 0 saturated carbocycles. The molecule has 0 bridgehead atoms. The van der Waals surface area contributed by atoms with Gasteiger partial charge in [0.25, 0.3) is 0 Å². The number of allylic oxidation sites excluding steroid dienone is 3. The number of anilines is 1. The summed E-state index contributed by atoms with van der Waals surface area (Å²) in [6.07, 6.45) is 11.9. The Morgan fingerprint density at radius 2 is 1.97 bits per heavy atom. The normalized spacial score (nSPS) is 14.1. The summed E-state index contributed by atoms with van der Waals surface area (Å²) in [5.41, 5.74) is 4.47. The Hall–Kier alpha value is -2.14. The van der Waals surface area contributed by atoms with Crippen LogP contribution in [0.5, 0.6) is 0 Å². The van der Waals surface area contributed by atoms with Crippen LogP contribution in [0.1, 0.15) is 59.4 Å². The lowest BCUT2D eigenvalue weighted by Crippen LogP contribution is -2.31. The average molecular weight is 491 g/mol. The summed E-state index contributed by atoms with van der Waals surface area (Å²) in [6, 6.07) is 6.11. The Labute approximate surface area is 209 Å². The molecule has 6 heteroatoms. The van der Waals surface area contributed by atoms with Crippen molar-refractivity contribution >= 4 is 51.1 Å². The van der Waals surface area contributed by atoms with Crippen LogP contribution in [0, 0.1) is 0 Å². The topological polar surface area (TPSA) is 57.5 Å². The van der Waals surface area contributed by atoms with Crippen LogP contribution in [0.3, 0.4) is 0 Å². The summed E-state index contributed by atoms with van der Waals surface area (Å²) in [6.45, 7) is 14.3. The Morgan fingerprint density at radius 3 is 2.58 bits per heavy atom. The molecular weight excluding hydrogens is 453 g/mol. The van der Waals surface area contributed by atoms with E-state index in [1.807, 2.05) is 39.1 Å². The standard InChI is InChI=1S/C26H34ClN3O.CH3Cl/c1-7-9-10-11-21(16-28-19(5)26(6,31)8-2)20-12-13-24-22(14-20)25(23(27)17-29-24)30-15-18(3)4;1-2/h10-14,16-17,31H,3,7-9,15H2,1-2,4-6H3,(H,29,30);1H3/b11-10+,21-16+,28-19?;. The number of pyridine rings is 1. The third kappa shape index (κ3) is 8.62. The van der Waals surface area contributed by atoms with Gasteiger partial charge < -0.3 is 10.4 Å². The van der Waals surface area contributed by atoms with Gasteiger partial charge in [0, 0.05) is 36.4 Å². The van der Waals surface area contributed by atoms with Crippen molar-refractivity contribution in [3.8, 4) is 0 Å². The van der Waals surface area contributed by atoms with E-state index >= 15 is 0 Å². The maximum absolute atomic E-state index is 10.5. The van der Waals surface area contributed by atoms with Gasteiger partial charge in [0.1, 0.15) is 0 Å². The largest absolute Gasteiger partial charge is 0.384 e. The van der Waals surface area contributed by atoms with Crippen LogP contribution < -0.4 is 5.32 Å². The van der Waals surface area contributed by atoms with Crippen molar-refractivity contribution in [2.75, 3.05) is 18.2 Å². The molecule has 0 aliphatic heterocycles. The number of halogens is 2. The van der Waals surface area contributed by atoms with Crippen molar-refractivity contribution in [3.63, 3.8) is 0 Å². The van der Waals surface area contributed by atoms with E-state index < -0.39 is 5.60 Å². The summed E-state index contributed by atoms with van der Waals surface area (Å²) < 4.78 is 0. The maximum atomic E-state index is 10.5. The van der Waals surface area contributed by atoms with Crippen LogP contribution in [0.25, 0.3) is 16.5 Å². The quantitative estimate of drug-likeness (QED) is 0.153. The molecule has 180 valence electrons. The molecule has 1 heterocycles. The molecule has 1 aromatic heterocycles. The van der Waals surface area contributed by atoms with Crippen LogP contribution >= 0.6 is 23.2 Å². The maximum Gasteiger partial charge on any atom is 0.0993 e. The first-order valence-corrected chi connectivity index (χ1v) is 12.3. The fourth-order valence-corrected chi connectivity index (χ4v) is 3.14. The van der Waals surface area contributed by atoms with Crippen molar-refractivity contribution in [1.29, 1.82) is 0 Å². The van der Waals surface area contributed by atoms with Crippen LogP contribution in [-0.4, -0.2) is 34.3 Å². The van der Waals surface area contributed by atoms with E-state index in [-0.39, 0.29) is 0 Å². The lowest BCUT2D eigenvalue weighted by Gasteiger charge is -2.20. The molecule has 2 aromatic rings. The molecule has 2 N–H and O–H groups in total. The molecule has 0 aliphatic rings. The van der Waals surface area contributed by atoms with Gasteiger partial charge in [-0.3, -0.25) is 9.98 Å². The van der Waals surface area contributed by atoms with Crippen molar-refractivity contribution in [1.82, 2.24) is 4.98 Å². The number of fused-ring (bicyclic) bond motifs is 1.